The summed E-state index contributed by atoms with van der Waals surface area (Å²) in [4.78, 5) is 16.2. The number of amides is 1. The molecule has 0 saturated carbocycles. The third-order valence-corrected chi connectivity index (χ3v) is 4.10. The smallest absolute Gasteiger partial charge is 0.224 e. The van der Waals surface area contributed by atoms with Crippen LogP contribution in [0.1, 0.15) is 31.4 Å². The molecule has 0 aliphatic carbocycles. The number of hydrogen-bond acceptors (Lipinski definition) is 4. The molecule has 1 aliphatic rings. The van der Waals surface area contributed by atoms with Crippen LogP contribution in [0.15, 0.2) is 36.9 Å². The maximum absolute atomic E-state index is 12.3. The van der Waals surface area contributed by atoms with Gasteiger partial charge in [0.15, 0.2) is 0 Å². The number of carbonyl (C=O) groups excluding carboxylic acids is 1. The first kappa shape index (κ1) is 14.7. The van der Waals surface area contributed by atoms with Crippen LogP contribution in [0.2, 0.25) is 0 Å². The minimum atomic E-state index is -0.000719. The molecule has 6 heteroatoms. The fourth-order valence-electron chi connectivity index (χ4n) is 2.75. The largest absolute Gasteiger partial charge is 0.349 e. The zero-order valence-corrected chi connectivity index (χ0v) is 12.7. The van der Waals surface area contributed by atoms with E-state index in [0.717, 1.165) is 37.2 Å². The molecule has 0 spiro atoms. The van der Waals surface area contributed by atoms with Crippen molar-refractivity contribution < 1.29 is 4.79 Å². The van der Waals surface area contributed by atoms with Crippen molar-refractivity contribution in [3.8, 4) is 5.69 Å². The first-order valence-electron chi connectivity index (χ1n) is 7.70. The molecule has 1 aliphatic heterocycles. The van der Waals surface area contributed by atoms with Gasteiger partial charge in [-0.3, -0.25) is 4.79 Å². The minimum Gasteiger partial charge on any atom is -0.349 e. The Morgan fingerprint density at radius 2 is 2.23 bits per heavy atom. The van der Waals surface area contributed by atoms with Gasteiger partial charge in [-0.25, -0.2) is 9.67 Å². The average molecular weight is 299 g/mol. The lowest BCUT2D eigenvalue weighted by atomic mass is 9.98. The Morgan fingerprint density at radius 1 is 1.41 bits per heavy atom. The second kappa shape index (κ2) is 6.70. The Balaban J connectivity index is 1.62. The zero-order valence-electron chi connectivity index (χ0n) is 12.7. The summed E-state index contributed by atoms with van der Waals surface area (Å²) in [6.07, 6.45) is 5.21. The maximum atomic E-state index is 12.3. The molecule has 1 aromatic heterocycles. The van der Waals surface area contributed by atoms with Crippen molar-refractivity contribution in [1.82, 2.24) is 25.4 Å². The van der Waals surface area contributed by atoms with Crippen LogP contribution < -0.4 is 10.6 Å². The lowest BCUT2D eigenvalue weighted by Crippen LogP contribution is -2.41. The van der Waals surface area contributed by atoms with Gasteiger partial charge in [0.25, 0.3) is 0 Å². The summed E-state index contributed by atoms with van der Waals surface area (Å²) in [7, 11) is 0. The van der Waals surface area contributed by atoms with E-state index in [2.05, 4.69) is 20.7 Å². The van der Waals surface area contributed by atoms with Crippen LogP contribution in [0.4, 0.5) is 0 Å². The third kappa shape index (κ3) is 3.33. The second-order valence-corrected chi connectivity index (χ2v) is 5.71. The summed E-state index contributed by atoms with van der Waals surface area (Å²) in [6.45, 7) is 3.81. The van der Waals surface area contributed by atoms with E-state index >= 15 is 0 Å². The molecule has 0 bridgehead atoms. The standard InChI is InChI=1S/C16H21N5O/c1-12(20-16(22)14-3-2-8-17-9-14)13-4-6-15(7-5-13)21-11-18-10-19-21/h4-7,10-12,14,17H,2-3,8-9H2,1H3,(H,20,22). The van der Waals surface area contributed by atoms with Crippen molar-refractivity contribution in [3.05, 3.63) is 42.5 Å². The van der Waals surface area contributed by atoms with Crippen molar-refractivity contribution in [2.24, 2.45) is 5.92 Å². The van der Waals surface area contributed by atoms with E-state index < -0.39 is 0 Å². The van der Waals surface area contributed by atoms with Gasteiger partial charge in [0.2, 0.25) is 5.91 Å². The van der Waals surface area contributed by atoms with Gasteiger partial charge in [0.05, 0.1) is 17.6 Å². The van der Waals surface area contributed by atoms with Crippen molar-refractivity contribution >= 4 is 5.91 Å². The van der Waals surface area contributed by atoms with E-state index in [-0.39, 0.29) is 17.9 Å². The summed E-state index contributed by atoms with van der Waals surface area (Å²) < 4.78 is 1.71. The van der Waals surface area contributed by atoms with Gasteiger partial charge in [-0.1, -0.05) is 12.1 Å². The van der Waals surface area contributed by atoms with Crippen LogP contribution in [0, 0.1) is 5.92 Å². The summed E-state index contributed by atoms with van der Waals surface area (Å²) in [5.74, 6) is 0.227. The molecule has 116 valence electrons. The van der Waals surface area contributed by atoms with Crippen LogP contribution in [0.5, 0.6) is 0 Å². The van der Waals surface area contributed by atoms with E-state index in [1.165, 1.54) is 6.33 Å². The Bertz CT molecular complexity index is 602. The number of benzene rings is 1. The summed E-state index contributed by atoms with van der Waals surface area (Å²) in [5, 5.41) is 10.5. The van der Waals surface area contributed by atoms with Gasteiger partial charge in [-0.2, -0.15) is 5.10 Å². The van der Waals surface area contributed by atoms with Crippen molar-refractivity contribution in [2.75, 3.05) is 13.1 Å². The Morgan fingerprint density at radius 3 is 2.86 bits per heavy atom. The molecule has 1 aromatic carbocycles. The zero-order chi connectivity index (χ0) is 15.4. The fraction of sp³-hybridized carbons (Fsp3) is 0.438. The highest BCUT2D eigenvalue weighted by Gasteiger charge is 2.22. The number of aromatic nitrogens is 3. The van der Waals surface area contributed by atoms with Crippen LogP contribution in [0.3, 0.4) is 0 Å². The van der Waals surface area contributed by atoms with E-state index in [1.54, 1.807) is 11.0 Å². The van der Waals surface area contributed by atoms with Gasteiger partial charge < -0.3 is 10.6 Å². The molecular formula is C16H21N5O. The van der Waals surface area contributed by atoms with Gasteiger partial charge in [0, 0.05) is 6.54 Å². The predicted molar refractivity (Wildman–Crippen MR) is 83.5 cm³/mol. The quantitative estimate of drug-likeness (QED) is 0.896. The van der Waals surface area contributed by atoms with E-state index in [4.69, 9.17) is 0 Å². The molecule has 22 heavy (non-hydrogen) atoms. The van der Waals surface area contributed by atoms with Crippen LogP contribution in [-0.4, -0.2) is 33.8 Å². The number of nitrogens with zero attached hydrogens (tertiary/aromatic N) is 3. The van der Waals surface area contributed by atoms with E-state index in [9.17, 15) is 4.79 Å². The number of nitrogens with one attached hydrogen (secondary N) is 2. The highest BCUT2D eigenvalue weighted by molar-refractivity contribution is 5.79. The normalized spacial score (nSPS) is 19.6. The SMILES string of the molecule is CC(NC(=O)C1CCCNC1)c1ccc(-n2cncn2)cc1. The van der Waals surface area contributed by atoms with Gasteiger partial charge in [0.1, 0.15) is 12.7 Å². The molecule has 2 atom stereocenters. The van der Waals surface area contributed by atoms with Crippen LogP contribution >= 0.6 is 0 Å². The molecular weight excluding hydrogens is 278 g/mol. The monoisotopic (exact) mass is 299 g/mol. The summed E-state index contributed by atoms with van der Waals surface area (Å²) >= 11 is 0. The van der Waals surface area contributed by atoms with E-state index in [0.29, 0.717) is 0 Å². The average Bonchev–Trinajstić information content (AvgIpc) is 3.10. The first-order chi connectivity index (χ1) is 10.7. The third-order valence-electron chi connectivity index (χ3n) is 4.10. The Kier molecular flexibility index (Phi) is 4.48. The van der Waals surface area contributed by atoms with Crippen molar-refractivity contribution in [1.29, 1.82) is 0 Å². The van der Waals surface area contributed by atoms with Gasteiger partial charge >= 0.3 is 0 Å². The first-order valence-corrected chi connectivity index (χ1v) is 7.70. The topological polar surface area (TPSA) is 71.8 Å². The molecule has 1 saturated heterocycles. The predicted octanol–water partition coefficient (Wildman–Crippen LogP) is 1.44. The van der Waals surface area contributed by atoms with Crippen LogP contribution in [-0.2, 0) is 4.79 Å². The van der Waals surface area contributed by atoms with Gasteiger partial charge in [-0.15, -0.1) is 0 Å². The Labute approximate surface area is 129 Å². The lowest BCUT2D eigenvalue weighted by Gasteiger charge is -2.24. The molecule has 2 aromatic rings. The number of piperidine rings is 1. The van der Waals surface area contributed by atoms with Crippen molar-refractivity contribution in [3.63, 3.8) is 0 Å². The molecule has 6 nitrogen and oxygen atoms in total. The second-order valence-electron chi connectivity index (χ2n) is 5.71. The number of hydrogen-bond donors (Lipinski definition) is 2. The van der Waals surface area contributed by atoms with Crippen LogP contribution in [0.25, 0.3) is 5.69 Å². The molecule has 2 N–H and O–H groups in total. The molecule has 3 rings (SSSR count). The summed E-state index contributed by atoms with van der Waals surface area (Å²) in [5.41, 5.74) is 2.04. The number of rotatable bonds is 4. The molecule has 2 unspecified atom stereocenters. The molecule has 1 fully saturated rings. The Hall–Kier alpha value is -2.21. The fourth-order valence-corrected chi connectivity index (χ4v) is 2.75. The molecule has 1 amide bonds. The minimum absolute atomic E-state index is 0.000719. The van der Waals surface area contributed by atoms with Crippen molar-refractivity contribution in [2.45, 2.75) is 25.8 Å². The molecule has 0 radical (unpaired) electrons. The van der Waals surface area contributed by atoms with E-state index in [1.807, 2.05) is 31.2 Å². The lowest BCUT2D eigenvalue weighted by molar-refractivity contribution is -0.126. The van der Waals surface area contributed by atoms with Gasteiger partial charge in [-0.05, 0) is 44.0 Å². The highest BCUT2D eigenvalue weighted by atomic mass is 16.2. The highest BCUT2D eigenvalue weighted by Crippen LogP contribution is 2.17. The maximum Gasteiger partial charge on any atom is 0.224 e. The number of carbonyl (C=O) groups is 1. The molecule has 2 heterocycles. The summed E-state index contributed by atoms with van der Waals surface area (Å²) in [6, 6.07) is 7.99.